The van der Waals surface area contributed by atoms with E-state index in [9.17, 15) is 9.59 Å². The maximum atomic E-state index is 12.8. The summed E-state index contributed by atoms with van der Waals surface area (Å²) in [6, 6.07) is 10.9. The lowest BCUT2D eigenvalue weighted by Crippen LogP contribution is -2.43. The molecule has 2 amide bonds. The third-order valence-electron chi connectivity index (χ3n) is 4.58. The van der Waals surface area contributed by atoms with Gasteiger partial charge in [0.2, 0.25) is 5.91 Å². The van der Waals surface area contributed by atoms with E-state index >= 15 is 0 Å². The van der Waals surface area contributed by atoms with E-state index in [4.69, 9.17) is 4.74 Å². The lowest BCUT2D eigenvalue weighted by Gasteiger charge is -2.32. The number of pyridine rings is 1. The highest BCUT2D eigenvalue weighted by molar-refractivity contribution is 5.98. The van der Waals surface area contributed by atoms with Crippen molar-refractivity contribution < 1.29 is 14.3 Å². The molecule has 1 N–H and O–H groups in total. The van der Waals surface area contributed by atoms with Gasteiger partial charge in [0.1, 0.15) is 11.6 Å². The van der Waals surface area contributed by atoms with Crippen molar-refractivity contribution in [3.63, 3.8) is 0 Å². The average Bonchev–Trinajstić information content (AvgIpc) is 2.69. The van der Waals surface area contributed by atoms with E-state index in [1.54, 1.807) is 36.4 Å². The molecule has 0 radical (unpaired) electrons. The van der Waals surface area contributed by atoms with E-state index in [0.29, 0.717) is 30.2 Å². The summed E-state index contributed by atoms with van der Waals surface area (Å²) >= 11 is 0. The van der Waals surface area contributed by atoms with Crippen molar-refractivity contribution in [3.05, 3.63) is 53.7 Å². The Kier molecular flexibility index (Phi) is 5.51. The van der Waals surface area contributed by atoms with Crippen LogP contribution in [0.25, 0.3) is 0 Å². The lowest BCUT2D eigenvalue weighted by molar-refractivity contribution is -0.121. The number of para-hydroxylation sites is 1. The first-order valence-electron chi connectivity index (χ1n) is 8.74. The average molecular weight is 353 g/mol. The number of carbonyl (C=O) groups excluding carboxylic acids is 2. The summed E-state index contributed by atoms with van der Waals surface area (Å²) in [6.45, 7) is 2.99. The van der Waals surface area contributed by atoms with Crippen LogP contribution in [0.5, 0.6) is 5.75 Å². The van der Waals surface area contributed by atoms with Gasteiger partial charge in [0, 0.05) is 19.3 Å². The molecule has 1 aliphatic heterocycles. The van der Waals surface area contributed by atoms with Crippen LogP contribution in [-0.4, -0.2) is 41.9 Å². The lowest BCUT2D eigenvalue weighted by atomic mass is 9.96. The quantitative estimate of drug-likeness (QED) is 0.917. The summed E-state index contributed by atoms with van der Waals surface area (Å²) < 4.78 is 5.29. The van der Waals surface area contributed by atoms with Crippen molar-refractivity contribution in [2.45, 2.75) is 19.8 Å². The van der Waals surface area contributed by atoms with Crippen molar-refractivity contribution in [1.82, 2.24) is 9.88 Å². The first-order chi connectivity index (χ1) is 12.6. The van der Waals surface area contributed by atoms with Gasteiger partial charge in [-0.3, -0.25) is 9.59 Å². The number of anilines is 1. The second-order valence-corrected chi connectivity index (χ2v) is 6.50. The van der Waals surface area contributed by atoms with E-state index in [2.05, 4.69) is 10.3 Å². The van der Waals surface area contributed by atoms with Crippen LogP contribution < -0.4 is 10.1 Å². The van der Waals surface area contributed by atoms with Crippen LogP contribution in [0.4, 0.5) is 5.82 Å². The Morgan fingerprint density at radius 2 is 2.04 bits per heavy atom. The van der Waals surface area contributed by atoms with E-state index in [0.717, 1.165) is 18.4 Å². The minimum atomic E-state index is -0.245. The van der Waals surface area contributed by atoms with E-state index in [1.165, 1.54) is 0 Å². The highest BCUT2D eigenvalue weighted by Gasteiger charge is 2.30. The molecule has 136 valence electrons. The summed E-state index contributed by atoms with van der Waals surface area (Å²) in [5.41, 5.74) is 1.56. The molecular weight excluding hydrogens is 330 g/mol. The van der Waals surface area contributed by atoms with E-state index in [-0.39, 0.29) is 17.7 Å². The number of aromatic nitrogens is 1. The predicted octanol–water partition coefficient (Wildman–Crippen LogP) is 2.89. The molecule has 1 atom stereocenters. The third kappa shape index (κ3) is 4.02. The van der Waals surface area contributed by atoms with Gasteiger partial charge in [-0.15, -0.1) is 0 Å². The van der Waals surface area contributed by atoms with Gasteiger partial charge in [-0.05, 0) is 43.5 Å². The Balaban J connectivity index is 1.67. The third-order valence-corrected chi connectivity index (χ3v) is 4.58. The van der Waals surface area contributed by atoms with Crippen LogP contribution in [0, 0.1) is 12.8 Å². The van der Waals surface area contributed by atoms with Gasteiger partial charge in [-0.25, -0.2) is 4.98 Å². The van der Waals surface area contributed by atoms with Crippen molar-refractivity contribution in [1.29, 1.82) is 0 Å². The number of nitrogens with one attached hydrogen (secondary N) is 1. The molecule has 1 fully saturated rings. The van der Waals surface area contributed by atoms with Crippen LogP contribution in [0.3, 0.4) is 0 Å². The monoisotopic (exact) mass is 353 g/mol. The fraction of sp³-hybridized carbons (Fsp3) is 0.350. The maximum absolute atomic E-state index is 12.8. The molecule has 3 rings (SSSR count). The molecule has 6 heteroatoms. The summed E-state index contributed by atoms with van der Waals surface area (Å²) in [5.74, 6) is 0.638. The second-order valence-electron chi connectivity index (χ2n) is 6.50. The molecule has 6 nitrogen and oxygen atoms in total. The van der Waals surface area contributed by atoms with Gasteiger partial charge in [0.15, 0.2) is 0 Å². The topological polar surface area (TPSA) is 71.5 Å². The van der Waals surface area contributed by atoms with E-state index in [1.807, 2.05) is 25.1 Å². The first-order valence-corrected chi connectivity index (χ1v) is 8.74. The molecule has 1 aromatic carbocycles. The fourth-order valence-electron chi connectivity index (χ4n) is 3.14. The van der Waals surface area contributed by atoms with Crippen LogP contribution in [-0.2, 0) is 4.79 Å². The Morgan fingerprint density at radius 1 is 1.23 bits per heavy atom. The Morgan fingerprint density at radius 3 is 2.77 bits per heavy atom. The second kappa shape index (κ2) is 7.99. The van der Waals surface area contributed by atoms with Gasteiger partial charge in [0.25, 0.3) is 5.91 Å². The molecule has 2 heterocycles. The molecular formula is C20H23N3O3. The summed E-state index contributed by atoms with van der Waals surface area (Å²) in [5, 5.41) is 2.85. The number of piperidine rings is 1. The number of methoxy groups -OCH3 is 1. The summed E-state index contributed by atoms with van der Waals surface area (Å²) in [7, 11) is 1.55. The number of carbonyl (C=O) groups is 2. The van der Waals surface area contributed by atoms with Crippen molar-refractivity contribution in [3.8, 4) is 5.75 Å². The molecule has 2 aromatic rings. The molecule has 1 aliphatic rings. The number of ether oxygens (including phenoxy) is 1. The van der Waals surface area contributed by atoms with Crippen molar-refractivity contribution in [2.75, 3.05) is 25.5 Å². The number of hydrogen-bond acceptors (Lipinski definition) is 4. The summed E-state index contributed by atoms with van der Waals surface area (Å²) in [4.78, 5) is 31.4. The smallest absolute Gasteiger partial charge is 0.257 e. The maximum Gasteiger partial charge on any atom is 0.257 e. The number of nitrogens with zero attached hydrogens (tertiary/aromatic N) is 2. The van der Waals surface area contributed by atoms with Gasteiger partial charge in [-0.1, -0.05) is 18.2 Å². The largest absolute Gasteiger partial charge is 0.496 e. The van der Waals surface area contributed by atoms with Gasteiger partial charge in [-0.2, -0.15) is 0 Å². The molecule has 0 spiro atoms. The highest BCUT2D eigenvalue weighted by Crippen LogP contribution is 2.24. The molecule has 0 saturated carbocycles. The zero-order valence-electron chi connectivity index (χ0n) is 15.1. The Labute approximate surface area is 153 Å². The van der Waals surface area contributed by atoms with Crippen LogP contribution >= 0.6 is 0 Å². The molecule has 1 unspecified atom stereocenters. The van der Waals surface area contributed by atoms with Gasteiger partial charge < -0.3 is 15.0 Å². The first kappa shape index (κ1) is 17.9. The number of amides is 2. The van der Waals surface area contributed by atoms with Crippen LogP contribution in [0.15, 0.2) is 42.6 Å². The zero-order chi connectivity index (χ0) is 18.5. The number of aryl methyl sites for hydroxylation is 1. The Bertz CT molecular complexity index is 789. The number of rotatable bonds is 4. The van der Waals surface area contributed by atoms with E-state index < -0.39 is 0 Å². The number of hydrogen-bond donors (Lipinski definition) is 1. The SMILES string of the molecule is COc1ccccc1C(=O)N1CCCC(C(=O)Nc2ccc(C)cn2)C1. The fourth-order valence-corrected chi connectivity index (χ4v) is 3.14. The normalized spacial score (nSPS) is 16.8. The van der Waals surface area contributed by atoms with Crippen molar-refractivity contribution >= 4 is 17.6 Å². The van der Waals surface area contributed by atoms with Gasteiger partial charge >= 0.3 is 0 Å². The number of likely N-dealkylation sites (tertiary alicyclic amines) is 1. The number of benzene rings is 1. The molecule has 26 heavy (non-hydrogen) atoms. The molecule has 0 bridgehead atoms. The highest BCUT2D eigenvalue weighted by atomic mass is 16.5. The predicted molar refractivity (Wildman–Crippen MR) is 99.2 cm³/mol. The molecule has 0 aliphatic carbocycles. The molecule has 1 saturated heterocycles. The Hall–Kier alpha value is -2.89. The van der Waals surface area contributed by atoms with Gasteiger partial charge in [0.05, 0.1) is 18.6 Å². The molecule has 1 aromatic heterocycles. The van der Waals surface area contributed by atoms with Crippen molar-refractivity contribution in [2.24, 2.45) is 5.92 Å². The minimum Gasteiger partial charge on any atom is -0.496 e. The van der Waals surface area contributed by atoms with Crippen LogP contribution in [0.1, 0.15) is 28.8 Å². The van der Waals surface area contributed by atoms with Crippen LogP contribution in [0.2, 0.25) is 0 Å². The zero-order valence-corrected chi connectivity index (χ0v) is 15.1. The standard InChI is InChI=1S/C20H23N3O3/c1-14-9-10-18(21-12-14)22-19(24)15-6-5-11-23(13-15)20(25)16-7-3-4-8-17(16)26-2/h3-4,7-10,12,15H,5-6,11,13H2,1-2H3,(H,21,22,24). The summed E-state index contributed by atoms with van der Waals surface area (Å²) in [6.07, 6.45) is 3.27. The minimum absolute atomic E-state index is 0.0983.